The highest BCUT2D eigenvalue weighted by atomic mass is 32.2. The summed E-state index contributed by atoms with van der Waals surface area (Å²) in [7, 11) is 0. The molecule has 0 aliphatic rings. The number of thiazole rings is 1. The fraction of sp³-hybridized carbons (Fsp3) is 0.100. The van der Waals surface area contributed by atoms with E-state index in [-0.39, 0.29) is 5.56 Å². The summed E-state index contributed by atoms with van der Waals surface area (Å²) in [6.07, 6.45) is 1.75. The number of ether oxygens (including phenoxy) is 1. The van der Waals surface area contributed by atoms with Gasteiger partial charge in [-0.1, -0.05) is 36.4 Å². The van der Waals surface area contributed by atoms with Gasteiger partial charge in [0.1, 0.15) is 11.5 Å². The van der Waals surface area contributed by atoms with E-state index in [0.29, 0.717) is 5.75 Å². The third-order valence-corrected chi connectivity index (χ3v) is 5.58. The zero-order valence-corrected chi connectivity index (χ0v) is 15.5. The van der Waals surface area contributed by atoms with Gasteiger partial charge in [-0.25, -0.2) is 4.98 Å². The number of nitrogens with zero attached hydrogens (tertiary/aromatic N) is 2. The Hall–Kier alpha value is -2.57. The highest BCUT2D eigenvalue weighted by molar-refractivity contribution is 7.97. The molecule has 26 heavy (non-hydrogen) atoms. The Morgan fingerprint density at radius 1 is 1.04 bits per heavy atom. The van der Waals surface area contributed by atoms with Gasteiger partial charge < -0.3 is 4.74 Å². The molecule has 2 aromatic heterocycles. The Morgan fingerprint density at radius 3 is 2.73 bits per heavy atom. The zero-order valence-electron chi connectivity index (χ0n) is 13.9. The average molecular weight is 380 g/mol. The first kappa shape index (κ1) is 16.9. The first-order chi connectivity index (χ1) is 12.8. The third kappa shape index (κ3) is 3.81. The summed E-state index contributed by atoms with van der Waals surface area (Å²) < 4.78 is 7.57. The van der Waals surface area contributed by atoms with E-state index < -0.39 is 0 Å². The summed E-state index contributed by atoms with van der Waals surface area (Å²) >= 11 is 3.19. The first-order valence-electron chi connectivity index (χ1n) is 8.14. The van der Waals surface area contributed by atoms with Crippen molar-refractivity contribution in [1.29, 1.82) is 0 Å². The SMILES string of the molecule is O=c1cc(CSCc2ccccc2Oc2ccccc2)nc2sccn12. The van der Waals surface area contributed by atoms with Crippen molar-refractivity contribution in [2.45, 2.75) is 11.5 Å². The van der Waals surface area contributed by atoms with Gasteiger partial charge in [-0.2, -0.15) is 11.8 Å². The van der Waals surface area contributed by atoms with Gasteiger partial charge >= 0.3 is 0 Å². The van der Waals surface area contributed by atoms with Crippen molar-refractivity contribution in [2.75, 3.05) is 0 Å². The molecule has 4 aromatic rings. The van der Waals surface area contributed by atoms with Crippen LogP contribution in [-0.2, 0) is 11.5 Å². The van der Waals surface area contributed by atoms with E-state index >= 15 is 0 Å². The van der Waals surface area contributed by atoms with Gasteiger partial charge in [-0.3, -0.25) is 9.20 Å². The lowest BCUT2D eigenvalue weighted by Crippen LogP contribution is -2.12. The Kier molecular flexibility index (Phi) is 5.04. The topological polar surface area (TPSA) is 43.6 Å². The molecule has 0 bridgehead atoms. The highest BCUT2D eigenvalue weighted by Crippen LogP contribution is 2.28. The second-order valence-corrected chi connectivity index (χ2v) is 7.52. The molecule has 0 saturated carbocycles. The molecule has 4 rings (SSSR count). The van der Waals surface area contributed by atoms with Crippen LogP contribution in [-0.4, -0.2) is 9.38 Å². The van der Waals surface area contributed by atoms with Crippen LogP contribution in [0.4, 0.5) is 0 Å². The molecule has 2 heterocycles. The lowest BCUT2D eigenvalue weighted by molar-refractivity contribution is 0.478. The number of thioether (sulfide) groups is 1. The van der Waals surface area contributed by atoms with E-state index in [2.05, 4.69) is 11.1 Å². The van der Waals surface area contributed by atoms with Crippen LogP contribution < -0.4 is 10.3 Å². The van der Waals surface area contributed by atoms with Gasteiger partial charge in [0.05, 0.1) is 5.69 Å². The average Bonchev–Trinajstić information content (AvgIpc) is 3.13. The van der Waals surface area contributed by atoms with Crippen LogP contribution in [0.15, 0.2) is 77.0 Å². The van der Waals surface area contributed by atoms with Crippen LogP contribution >= 0.6 is 23.1 Å². The van der Waals surface area contributed by atoms with Crippen molar-refractivity contribution in [2.24, 2.45) is 0 Å². The van der Waals surface area contributed by atoms with Crippen molar-refractivity contribution in [3.63, 3.8) is 0 Å². The van der Waals surface area contributed by atoms with Gasteiger partial charge in [0.25, 0.3) is 5.56 Å². The van der Waals surface area contributed by atoms with Crippen molar-refractivity contribution < 1.29 is 4.74 Å². The number of aromatic nitrogens is 2. The van der Waals surface area contributed by atoms with Crippen LogP contribution in [0.1, 0.15) is 11.3 Å². The maximum absolute atomic E-state index is 12.1. The lowest BCUT2D eigenvalue weighted by atomic mass is 10.2. The summed E-state index contributed by atoms with van der Waals surface area (Å²) in [5.74, 6) is 3.15. The molecular formula is C20H16N2O2S2. The smallest absolute Gasteiger partial charge is 0.258 e. The van der Waals surface area contributed by atoms with Crippen LogP contribution in [0.5, 0.6) is 11.5 Å². The van der Waals surface area contributed by atoms with Crippen LogP contribution in [0, 0.1) is 0 Å². The summed E-state index contributed by atoms with van der Waals surface area (Å²) in [6.45, 7) is 0. The summed E-state index contributed by atoms with van der Waals surface area (Å²) in [4.78, 5) is 17.3. The molecule has 0 radical (unpaired) electrons. The van der Waals surface area contributed by atoms with Gasteiger partial charge in [-0.15, -0.1) is 11.3 Å². The predicted octanol–water partition coefficient (Wildman–Crippen LogP) is 4.98. The summed E-state index contributed by atoms with van der Waals surface area (Å²) in [6, 6.07) is 19.4. The Balaban J connectivity index is 1.45. The molecule has 2 aromatic carbocycles. The summed E-state index contributed by atoms with van der Waals surface area (Å²) in [5.41, 5.74) is 1.90. The Bertz CT molecular complexity index is 1070. The minimum Gasteiger partial charge on any atom is -0.457 e. The Labute approximate surface area is 159 Å². The summed E-state index contributed by atoms with van der Waals surface area (Å²) in [5, 5.41) is 1.87. The van der Waals surface area contributed by atoms with Crippen LogP contribution in [0.25, 0.3) is 4.96 Å². The monoisotopic (exact) mass is 380 g/mol. The molecular weight excluding hydrogens is 364 g/mol. The number of benzene rings is 2. The second kappa shape index (κ2) is 7.76. The molecule has 0 unspecified atom stereocenters. The number of rotatable bonds is 6. The third-order valence-electron chi connectivity index (χ3n) is 3.81. The number of fused-ring (bicyclic) bond motifs is 1. The van der Waals surface area contributed by atoms with Gasteiger partial charge in [-0.05, 0) is 18.2 Å². The van der Waals surface area contributed by atoms with Crippen molar-refractivity contribution in [3.8, 4) is 11.5 Å². The first-order valence-corrected chi connectivity index (χ1v) is 10.2. The number of hydrogen-bond acceptors (Lipinski definition) is 5. The van der Waals surface area contributed by atoms with E-state index in [0.717, 1.165) is 33.5 Å². The molecule has 0 amide bonds. The fourth-order valence-corrected chi connectivity index (χ4v) is 4.22. The molecule has 0 spiro atoms. The number of hydrogen-bond donors (Lipinski definition) is 0. The second-order valence-electron chi connectivity index (χ2n) is 5.66. The van der Waals surface area contributed by atoms with E-state index in [1.165, 1.54) is 11.3 Å². The van der Waals surface area contributed by atoms with Crippen molar-refractivity contribution in [3.05, 3.63) is 93.9 Å². The molecule has 0 fully saturated rings. The molecule has 6 heteroatoms. The normalized spacial score (nSPS) is 10.9. The van der Waals surface area contributed by atoms with E-state index in [9.17, 15) is 4.79 Å². The maximum Gasteiger partial charge on any atom is 0.258 e. The lowest BCUT2D eigenvalue weighted by Gasteiger charge is -2.11. The van der Waals surface area contributed by atoms with E-state index in [1.807, 2.05) is 53.9 Å². The standard InChI is InChI=1S/C20H16N2O2S2/c23-19-12-16(21-20-22(19)10-11-26-20)14-25-13-15-6-4-5-9-18(15)24-17-7-2-1-3-8-17/h1-12H,13-14H2. The number of para-hydroxylation sites is 2. The van der Waals surface area contributed by atoms with Gasteiger partial charge in [0, 0.05) is 34.7 Å². The van der Waals surface area contributed by atoms with Crippen LogP contribution in [0.2, 0.25) is 0 Å². The van der Waals surface area contributed by atoms with E-state index in [4.69, 9.17) is 4.74 Å². The largest absolute Gasteiger partial charge is 0.457 e. The molecule has 0 N–H and O–H groups in total. The minimum atomic E-state index is -0.0281. The fourth-order valence-electron chi connectivity index (χ4n) is 2.57. The molecule has 0 saturated heterocycles. The molecule has 130 valence electrons. The quantitative estimate of drug-likeness (QED) is 0.473. The molecule has 0 aliphatic carbocycles. The molecule has 0 atom stereocenters. The van der Waals surface area contributed by atoms with Gasteiger partial charge in [0.15, 0.2) is 4.96 Å². The highest BCUT2D eigenvalue weighted by Gasteiger charge is 2.07. The zero-order chi connectivity index (χ0) is 17.8. The van der Waals surface area contributed by atoms with Crippen molar-refractivity contribution in [1.82, 2.24) is 9.38 Å². The Morgan fingerprint density at radius 2 is 1.85 bits per heavy atom. The maximum atomic E-state index is 12.1. The minimum absolute atomic E-state index is 0.0281. The molecule has 4 nitrogen and oxygen atoms in total. The van der Waals surface area contributed by atoms with Crippen molar-refractivity contribution >= 4 is 28.1 Å². The van der Waals surface area contributed by atoms with Gasteiger partial charge in [0.2, 0.25) is 0 Å². The molecule has 0 aliphatic heterocycles. The predicted molar refractivity (Wildman–Crippen MR) is 107 cm³/mol. The van der Waals surface area contributed by atoms with E-state index in [1.54, 1.807) is 28.4 Å². The van der Waals surface area contributed by atoms with Crippen LogP contribution in [0.3, 0.4) is 0 Å².